The average Bonchev–Trinajstić information content (AvgIpc) is 2.92. The van der Waals surface area contributed by atoms with Crippen molar-refractivity contribution in [2.75, 3.05) is 0 Å². The standard InChI is InChI=1S/C13H11N3O2/c1-3-10(2)18-13(17)12-9-11(5-7-14-12)16-8-4-6-15-16/h1,4-10H,2H3/t10-/m0/s1. The molecule has 0 aliphatic rings. The summed E-state index contributed by atoms with van der Waals surface area (Å²) in [5.41, 5.74) is 0.931. The molecular weight excluding hydrogens is 230 g/mol. The minimum Gasteiger partial charge on any atom is -0.445 e. The number of carbonyl (C=O) groups excluding carboxylic acids is 1. The van der Waals surface area contributed by atoms with E-state index in [9.17, 15) is 4.79 Å². The van der Waals surface area contributed by atoms with E-state index in [-0.39, 0.29) is 5.69 Å². The number of ether oxygens (including phenoxy) is 1. The number of rotatable bonds is 3. The highest BCUT2D eigenvalue weighted by molar-refractivity contribution is 5.88. The molecule has 5 nitrogen and oxygen atoms in total. The number of esters is 1. The molecule has 18 heavy (non-hydrogen) atoms. The predicted octanol–water partition coefficient (Wildman–Crippen LogP) is 1.45. The third kappa shape index (κ3) is 2.55. The van der Waals surface area contributed by atoms with E-state index in [1.165, 1.54) is 6.20 Å². The summed E-state index contributed by atoms with van der Waals surface area (Å²) in [5, 5.41) is 4.07. The molecule has 2 aromatic heterocycles. The van der Waals surface area contributed by atoms with Gasteiger partial charge in [0.15, 0.2) is 11.8 Å². The van der Waals surface area contributed by atoms with Gasteiger partial charge in [-0.1, -0.05) is 5.92 Å². The van der Waals surface area contributed by atoms with Crippen molar-refractivity contribution in [2.45, 2.75) is 13.0 Å². The number of hydrogen-bond donors (Lipinski definition) is 0. The Morgan fingerprint density at radius 1 is 1.56 bits per heavy atom. The molecule has 0 aliphatic heterocycles. The zero-order valence-electron chi connectivity index (χ0n) is 9.78. The van der Waals surface area contributed by atoms with Gasteiger partial charge in [0.1, 0.15) is 0 Å². The maximum Gasteiger partial charge on any atom is 0.358 e. The Kier molecular flexibility index (Phi) is 3.39. The average molecular weight is 241 g/mol. The van der Waals surface area contributed by atoms with Crippen LogP contribution in [0.2, 0.25) is 0 Å². The van der Waals surface area contributed by atoms with Crippen molar-refractivity contribution < 1.29 is 9.53 Å². The second kappa shape index (κ2) is 5.15. The van der Waals surface area contributed by atoms with Gasteiger partial charge in [-0.2, -0.15) is 5.10 Å². The van der Waals surface area contributed by atoms with Gasteiger partial charge in [0, 0.05) is 18.6 Å². The second-order valence-corrected chi connectivity index (χ2v) is 3.56. The van der Waals surface area contributed by atoms with Gasteiger partial charge in [0.2, 0.25) is 0 Å². The third-order valence-electron chi connectivity index (χ3n) is 2.24. The van der Waals surface area contributed by atoms with Crippen LogP contribution in [0, 0.1) is 12.3 Å². The second-order valence-electron chi connectivity index (χ2n) is 3.56. The number of aromatic nitrogens is 3. The van der Waals surface area contributed by atoms with E-state index in [1.807, 2.05) is 0 Å². The van der Waals surface area contributed by atoms with Crippen LogP contribution < -0.4 is 0 Å². The smallest absolute Gasteiger partial charge is 0.358 e. The largest absolute Gasteiger partial charge is 0.445 e. The van der Waals surface area contributed by atoms with E-state index in [0.29, 0.717) is 0 Å². The Labute approximate surface area is 104 Å². The van der Waals surface area contributed by atoms with Crippen molar-refractivity contribution in [1.82, 2.24) is 14.8 Å². The van der Waals surface area contributed by atoms with E-state index >= 15 is 0 Å². The molecule has 5 heteroatoms. The van der Waals surface area contributed by atoms with Crippen molar-refractivity contribution in [3.8, 4) is 18.0 Å². The summed E-state index contributed by atoms with van der Waals surface area (Å²) >= 11 is 0. The molecule has 2 heterocycles. The molecule has 0 saturated carbocycles. The molecule has 2 rings (SSSR count). The molecule has 90 valence electrons. The lowest BCUT2D eigenvalue weighted by atomic mass is 10.3. The molecule has 0 N–H and O–H groups in total. The first-order chi connectivity index (χ1) is 8.70. The highest BCUT2D eigenvalue weighted by Gasteiger charge is 2.12. The highest BCUT2D eigenvalue weighted by Crippen LogP contribution is 2.08. The first-order valence-corrected chi connectivity index (χ1v) is 5.34. The van der Waals surface area contributed by atoms with Crippen molar-refractivity contribution in [1.29, 1.82) is 0 Å². The topological polar surface area (TPSA) is 57.0 Å². The van der Waals surface area contributed by atoms with Crippen LogP contribution in [0.1, 0.15) is 17.4 Å². The number of nitrogens with zero attached hydrogens (tertiary/aromatic N) is 3. The van der Waals surface area contributed by atoms with Crippen LogP contribution in [0.25, 0.3) is 5.69 Å². The monoisotopic (exact) mass is 241 g/mol. The fourth-order valence-electron chi connectivity index (χ4n) is 1.35. The van der Waals surface area contributed by atoms with Crippen LogP contribution in [0.5, 0.6) is 0 Å². The molecule has 0 radical (unpaired) electrons. The van der Waals surface area contributed by atoms with Crippen LogP contribution in [0.3, 0.4) is 0 Å². The minimum absolute atomic E-state index is 0.199. The Bertz CT molecular complexity index is 585. The van der Waals surface area contributed by atoms with Gasteiger partial charge in [0.05, 0.1) is 5.69 Å². The van der Waals surface area contributed by atoms with Crippen LogP contribution in [-0.4, -0.2) is 26.8 Å². The van der Waals surface area contributed by atoms with Crippen molar-refractivity contribution in [3.63, 3.8) is 0 Å². The van der Waals surface area contributed by atoms with E-state index in [1.54, 1.807) is 42.2 Å². The van der Waals surface area contributed by atoms with Gasteiger partial charge < -0.3 is 4.74 Å². The fraction of sp³-hybridized carbons (Fsp3) is 0.154. The maximum atomic E-state index is 11.7. The summed E-state index contributed by atoms with van der Waals surface area (Å²) in [5.74, 6) is 1.77. The van der Waals surface area contributed by atoms with Gasteiger partial charge >= 0.3 is 5.97 Å². The van der Waals surface area contributed by atoms with Gasteiger partial charge in [-0.25, -0.2) is 14.5 Å². The zero-order valence-corrected chi connectivity index (χ0v) is 9.78. The van der Waals surface area contributed by atoms with Crippen LogP contribution in [0.4, 0.5) is 0 Å². The van der Waals surface area contributed by atoms with E-state index in [4.69, 9.17) is 11.2 Å². The lowest BCUT2D eigenvalue weighted by Gasteiger charge is -2.07. The molecular formula is C13H11N3O2. The number of pyridine rings is 1. The Morgan fingerprint density at radius 2 is 2.39 bits per heavy atom. The summed E-state index contributed by atoms with van der Waals surface area (Å²) in [6.07, 6.45) is 9.51. The van der Waals surface area contributed by atoms with Crippen LogP contribution >= 0.6 is 0 Å². The fourth-order valence-corrected chi connectivity index (χ4v) is 1.35. The molecule has 0 aromatic carbocycles. The Morgan fingerprint density at radius 3 is 3.06 bits per heavy atom. The van der Waals surface area contributed by atoms with E-state index in [2.05, 4.69) is 16.0 Å². The first-order valence-electron chi connectivity index (χ1n) is 5.34. The molecule has 0 aliphatic carbocycles. The Hall–Kier alpha value is -2.61. The summed E-state index contributed by atoms with van der Waals surface area (Å²) in [6.45, 7) is 1.62. The minimum atomic E-state index is -0.576. The molecule has 0 bridgehead atoms. The lowest BCUT2D eigenvalue weighted by Crippen LogP contribution is -2.14. The molecule has 0 unspecified atom stereocenters. The van der Waals surface area contributed by atoms with E-state index in [0.717, 1.165) is 5.69 Å². The molecule has 0 fully saturated rings. The summed E-state index contributed by atoms with van der Waals surface area (Å²) in [6, 6.07) is 5.13. The van der Waals surface area contributed by atoms with Crippen molar-refractivity contribution in [2.24, 2.45) is 0 Å². The van der Waals surface area contributed by atoms with Gasteiger partial charge in [-0.3, -0.25) is 0 Å². The normalized spacial score (nSPS) is 11.6. The summed E-state index contributed by atoms with van der Waals surface area (Å²) in [4.78, 5) is 15.7. The van der Waals surface area contributed by atoms with Crippen LogP contribution in [-0.2, 0) is 4.74 Å². The van der Waals surface area contributed by atoms with Crippen LogP contribution in [0.15, 0.2) is 36.8 Å². The quantitative estimate of drug-likeness (QED) is 0.602. The maximum absolute atomic E-state index is 11.7. The third-order valence-corrected chi connectivity index (χ3v) is 2.24. The first kappa shape index (κ1) is 11.9. The molecule has 0 saturated heterocycles. The molecule has 0 spiro atoms. The SMILES string of the molecule is C#C[C@H](C)OC(=O)c1cc(-n2cccn2)ccn1. The lowest BCUT2D eigenvalue weighted by molar-refractivity contribution is 0.0432. The van der Waals surface area contributed by atoms with Crippen molar-refractivity contribution >= 4 is 5.97 Å². The molecule has 0 amide bonds. The van der Waals surface area contributed by atoms with E-state index < -0.39 is 12.1 Å². The van der Waals surface area contributed by atoms with Crippen molar-refractivity contribution in [3.05, 3.63) is 42.5 Å². The highest BCUT2D eigenvalue weighted by atomic mass is 16.5. The molecule has 1 atom stereocenters. The van der Waals surface area contributed by atoms with Gasteiger partial charge in [-0.15, -0.1) is 6.42 Å². The molecule has 2 aromatic rings. The Balaban J connectivity index is 2.23. The summed E-state index contributed by atoms with van der Waals surface area (Å²) < 4.78 is 6.62. The van der Waals surface area contributed by atoms with Gasteiger partial charge in [-0.05, 0) is 25.1 Å². The summed E-state index contributed by atoms with van der Waals surface area (Å²) in [7, 11) is 0. The predicted molar refractivity (Wildman–Crippen MR) is 65.1 cm³/mol. The van der Waals surface area contributed by atoms with Gasteiger partial charge in [0.25, 0.3) is 0 Å². The number of hydrogen-bond acceptors (Lipinski definition) is 4. The number of carbonyl (C=O) groups is 1. The zero-order chi connectivity index (χ0) is 13.0. The number of terminal acetylenes is 1.